The molecule has 0 amide bonds. The highest BCUT2D eigenvalue weighted by atomic mass is 32.2. The average molecular weight is 803 g/mol. The number of anilines is 3. The summed E-state index contributed by atoms with van der Waals surface area (Å²) in [4.78, 5) is 14.2. The van der Waals surface area contributed by atoms with Crippen molar-refractivity contribution in [2.45, 2.75) is 11.3 Å². The molecular weight excluding hydrogens is 761 g/mol. The molecule has 5 heteroatoms. The van der Waals surface area contributed by atoms with Crippen LogP contribution in [0.25, 0.3) is 66.9 Å². The lowest BCUT2D eigenvalue weighted by Gasteiger charge is -2.27. The molecule has 0 saturated carbocycles. The van der Waals surface area contributed by atoms with E-state index in [1.54, 1.807) is 17.8 Å². The number of allylic oxidation sites excluding steroid dienone is 7. The Morgan fingerprint density at radius 2 is 1.41 bits per heavy atom. The molecule has 7 aromatic carbocycles. The molecule has 0 radical (unpaired) electrons. The van der Waals surface area contributed by atoms with Gasteiger partial charge in [0.25, 0.3) is 0 Å². The summed E-state index contributed by atoms with van der Waals surface area (Å²) in [6.45, 7) is 8.12. The predicted octanol–water partition coefficient (Wildman–Crippen LogP) is 15.0. The first kappa shape index (κ1) is 37.8. The molecule has 10 rings (SSSR count). The summed E-state index contributed by atoms with van der Waals surface area (Å²) in [5, 5.41) is 4.56. The maximum absolute atomic E-state index is 5.35. The Kier molecular flexibility index (Phi) is 10.1. The van der Waals surface area contributed by atoms with Crippen LogP contribution >= 0.6 is 11.8 Å². The molecule has 9 aromatic rings. The van der Waals surface area contributed by atoms with Crippen LogP contribution < -0.4 is 4.90 Å². The van der Waals surface area contributed by atoms with Gasteiger partial charge in [-0.1, -0.05) is 159 Å². The average Bonchev–Trinajstić information content (AvgIpc) is 3.47. The van der Waals surface area contributed by atoms with Crippen molar-refractivity contribution in [1.82, 2.24) is 14.5 Å². The van der Waals surface area contributed by atoms with Crippen molar-refractivity contribution in [3.8, 4) is 17.1 Å². The fourth-order valence-corrected chi connectivity index (χ4v) is 9.30. The minimum atomic E-state index is 0.623. The molecule has 0 fully saturated rings. The Balaban J connectivity index is 1.11. The lowest BCUT2D eigenvalue weighted by atomic mass is 9.95. The van der Waals surface area contributed by atoms with Gasteiger partial charge in [-0.15, -0.1) is 11.8 Å². The predicted molar refractivity (Wildman–Crippen MR) is 261 cm³/mol. The van der Waals surface area contributed by atoms with Gasteiger partial charge in [-0.2, -0.15) is 0 Å². The molecule has 2 aromatic heterocycles. The number of aromatic nitrogens is 3. The molecule has 0 spiro atoms. The van der Waals surface area contributed by atoms with E-state index in [0.29, 0.717) is 12.4 Å². The zero-order chi connectivity index (χ0) is 41.3. The highest BCUT2D eigenvalue weighted by Gasteiger charge is 2.24. The normalized spacial score (nSPS) is 12.6. The fourth-order valence-electron chi connectivity index (χ4n) is 8.72. The number of para-hydroxylation sites is 3. The Hall–Kier alpha value is -7.47. The fraction of sp³-hybridized carbons (Fsp3) is 0.0357. The van der Waals surface area contributed by atoms with Crippen molar-refractivity contribution in [1.29, 1.82) is 0 Å². The standard InChI is InChI=1S/C56H42N4S/c1-4-18-38(5-2)55-47-28-11-12-30-49(47)57-56(58-55)60-51-34-33-39-19-9-10-27-46(39)54(51)48-29-17-23-43(37-52(48)60)41-21-15-20-40(35-41)42-22-16-26-45(36-42)59(44-24-7-6-8-25-44)50-31-13-14-32-53(50)61-3/h4-36H,1-2,37H2,3H3/b38-18+. The second-order valence-corrected chi connectivity index (χ2v) is 15.9. The Labute approximate surface area is 360 Å². The molecule has 0 atom stereocenters. The van der Waals surface area contributed by atoms with Crippen molar-refractivity contribution in [2.24, 2.45) is 0 Å². The zero-order valence-electron chi connectivity index (χ0n) is 33.9. The molecule has 0 bridgehead atoms. The number of rotatable bonds is 10. The summed E-state index contributed by atoms with van der Waals surface area (Å²) in [6, 6.07) is 58.3. The van der Waals surface area contributed by atoms with Crippen molar-refractivity contribution in [2.75, 3.05) is 11.2 Å². The van der Waals surface area contributed by atoms with Gasteiger partial charge in [-0.3, -0.25) is 4.57 Å². The van der Waals surface area contributed by atoms with Gasteiger partial charge in [-0.05, 0) is 93.9 Å². The van der Waals surface area contributed by atoms with Gasteiger partial charge < -0.3 is 4.90 Å². The van der Waals surface area contributed by atoms with Crippen molar-refractivity contribution >= 4 is 78.6 Å². The van der Waals surface area contributed by atoms with Gasteiger partial charge in [0.15, 0.2) is 0 Å². The first-order chi connectivity index (χ1) is 30.1. The molecule has 0 saturated heterocycles. The molecule has 292 valence electrons. The Bertz CT molecular complexity index is 3260. The van der Waals surface area contributed by atoms with E-state index in [1.165, 1.54) is 32.2 Å². The van der Waals surface area contributed by atoms with Gasteiger partial charge in [0, 0.05) is 50.3 Å². The minimum absolute atomic E-state index is 0.623. The van der Waals surface area contributed by atoms with E-state index in [4.69, 9.17) is 9.97 Å². The Morgan fingerprint density at radius 3 is 2.25 bits per heavy atom. The van der Waals surface area contributed by atoms with Crippen LogP contribution in [0.5, 0.6) is 0 Å². The van der Waals surface area contributed by atoms with Gasteiger partial charge >= 0.3 is 0 Å². The molecular formula is C56H42N4S. The van der Waals surface area contributed by atoms with Crippen molar-refractivity contribution in [3.05, 3.63) is 230 Å². The van der Waals surface area contributed by atoms with Crippen LogP contribution in [-0.4, -0.2) is 20.8 Å². The number of benzene rings is 7. The van der Waals surface area contributed by atoms with E-state index < -0.39 is 0 Å². The third kappa shape index (κ3) is 6.89. The molecule has 2 heterocycles. The number of hydrogen-bond acceptors (Lipinski definition) is 4. The van der Waals surface area contributed by atoms with Gasteiger partial charge in [0.05, 0.1) is 22.4 Å². The van der Waals surface area contributed by atoms with Crippen LogP contribution in [0.2, 0.25) is 0 Å². The highest BCUT2D eigenvalue weighted by molar-refractivity contribution is 7.98. The van der Waals surface area contributed by atoms with Crippen LogP contribution in [0.1, 0.15) is 22.5 Å². The summed E-state index contributed by atoms with van der Waals surface area (Å²) >= 11 is 1.76. The molecule has 0 N–H and O–H groups in total. The minimum Gasteiger partial charge on any atom is -0.309 e. The van der Waals surface area contributed by atoms with Crippen LogP contribution in [0, 0.1) is 0 Å². The summed E-state index contributed by atoms with van der Waals surface area (Å²) < 4.78 is 2.28. The lowest BCUT2D eigenvalue weighted by Crippen LogP contribution is -2.10. The van der Waals surface area contributed by atoms with Crippen molar-refractivity contribution in [3.63, 3.8) is 0 Å². The smallest absolute Gasteiger partial charge is 0.235 e. The zero-order valence-corrected chi connectivity index (χ0v) is 34.7. The summed E-state index contributed by atoms with van der Waals surface area (Å²) in [6.07, 6.45) is 15.1. The molecule has 0 unspecified atom stereocenters. The maximum atomic E-state index is 5.35. The first-order valence-corrected chi connectivity index (χ1v) is 21.7. The molecule has 1 aliphatic rings. The Morgan fingerprint density at radius 1 is 0.689 bits per heavy atom. The second kappa shape index (κ2) is 16.3. The van der Waals surface area contributed by atoms with Gasteiger partial charge in [0.1, 0.15) is 0 Å². The number of thioether (sulfide) groups is 1. The largest absolute Gasteiger partial charge is 0.309 e. The number of hydrogen-bond donors (Lipinski definition) is 0. The summed E-state index contributed by atoms with van der Waals surface area (Å²) in [5.41, 5.74) is 14.0. The summed E-state index contributed by atoms with van der Waals surface area (Å²) in [7, 11) is 0. The third-order valence-corrected chi connectivity index (χ3v) is 12.3. The van der Waals surface area contributed by atoms with Gasteiger partial charge in [-0.25, -0.2) is 9.97 Å². The quantitative estimate of drug-likeness (QED) is 0.102. The molecule has 61 heavy (non-hydrogen) atoms. The SMILES string of the molecule is C=C/C=C(\C=C)c1nc(-n2c3c(c4c5ccccc5ccc42)C=CC=C(c2cccc(-c4cccc(N(c5ccccc5)c5ccccc5SC)c4)c2)C3)nc2ccccc12. The van der Waals surface area contributed by atoms with E-state index in [2.05, 4.69) is 199 Å². The van der Waals surface area contributed by atoms with Gasteiger partial charge in [0.2, 0.25) is 5.95 Å². The van der Waals surface area contributed by atoms with E-state index in [1.807, 2.05) is 24.3 Å². The van der Waals surface area contributed by atoms with E-state index >= 15 is 0 Å². The highest BCUT2D eigenvalue weighted by Crippen LogP contribution is 2.42. The van der Waals surface area contributed by atoms with Crippen LogP contribution in [0.4, 0.5) is 17.1 Å². The second-order valence-electron chi connectivity index (χ2n) is 15.0. The number of fused-ring (bicyclic) bond motifs is 6. The molecule has 4 nitrogen and oxygen atoms in total. The summed E-state index contributed by atoms with van der Waals surface area (Å²) in [5.74, 6) is 0.623. The van der Waals surface area contributed by atoms with E-state index in [-0.39, 0.29) is 0 Å². The topological polar surface area (TPSA) is 34.0 Å². The monoisotopic (exact) mass is 802 g/mol. The van der Waals surface area contributed by atoms with E-state index in [9.17, 15) is 0 Å². The van der Waals surface area contributed by atoms with E-state index in [0.717, 1.165) is 67.1 Å². The lowest BCUT2D eigenvalue weighted by molar-refractivity contribution is 0.918. The maximum Gasteiger partial charge on any atom is 0.235 e. The molecule has 1 aliphatic carbocycles. The van der Waals surface area contributed by atoms with Crippen LogP contribution in [0.15, 0.2) is 212 Å². The van der Waals surface area contributed by atoms with Crippen LogP contribution in [-0.2, 0) is 6.42 Å². The third-order valence-electron chi connectivity index (χ3n) is 11.5. The van der Waals surface area contributed by atoms with Crippen LogP contribution in [0.3, 0.4) is 0 Å². The first-order valence-electron chi connectivity index (χ1n) is 20.5. The number of nitrogens with zero attached hydrogens (tertiary/aromatic N) is 4. The van der Waals surface area contributed by atoms with Crippen molar-refractivity contribution < 1.29 is 0 Å². The molecule has 0 aliphatic heterocycles.